The van der Waals surface area contributed by atoms with E-state index >= 15 is 0 Å². The van der Waals surface area contributed by atoms with Crippen LogP contribution in [0.1, 0.15) is 0 Å². The summed E-state index contributed by atoms with van der Waals surface area (Å²) in [6, 6.07) is 2.66. The molecule has 1 aromatic carbocycles. The van der Waals surface area contributed by atoms with E-state index in [-0.39, 0.29) is 27.2 Å². The summed E-state index contributed by atoms with van der Waals surface area (Å²) in [5.74, 6) is 0.0465. The topological polar surface area (TPSA) is 66.5 Å². The molecule has 0 aliphatic rings. The van der Waals surface area contributed by atoms with Gasteiger partial charge in [0, 0.05) is 24.7 Å². The van der Waals surface area contributed by atoms with Gasteiger partial charge in [-0.05, 0) is 6.07 Å². The van der Waals surface area contributed by atoms with Crippen molar-refractivity contribution in [3.8, 4) is 5.75 Å². The zero-order valence-corrected chi connectivity index (χ0v) is 12.1. The van der Waals surface area contributed by atoms with Gasteiger partial charge in [0.1, 0.15) is 10.6 Å². The summed E-state index contributed by atoms with van der Waals surface area (Å²) in [4.78, 5) is -0.188. The number of likely N-dealkylation sites (N-methyl/N-ethyl adjacent to an activating group) is 1. The second-order valence-electron chi connectivity index (χ2n) is 3.45. The number of methoxy groups -OCH3 is 1. The molecule has 0 N–H and O–H groups in total. The van der Waals surface area contributed by atoms with E-state index in [1.54, 1.807) is 0 Å². The zero-order valence-electron chi connectivity index (χ0n) is 9.81. The first-order valence-electron chi connectivity index (χ1n) is 4.92. The molecular weight excluding hydrogens is 301 g/mol. The molecule has 0 aliphatic heterocycles. The molecule has 0 aromatic heterocycles. The van der Waals surface area contributed by atoms with Crippen LogP contribution in [0.5, 0.6) is 5.75 Å². The molecule has 18 heavy (non-hydrogen) atoms. The Balaban J connectivity index is 3.40. The summed E-state index contributed by atoms with van der Waals surface area (Å²) < 4.78 is 30.3. The highest BCUT2D eigenvalue weighted by atomic mass is 35.5. The fourth-order valence-electron chi connectivity index (χ4n) is 1.34. The van der Waals surface area contributed by atoms with Crippen LogP contribution in [0.15, 0.2) is 17.0 Å². The Morgan fingerprint density at radius 3 is 2.44 bits per heavy atom. The molecule has 1 radical (unpaired) electrons. The Morgan fingerprint density at radius 2 is 1.94 bits per heavy atom. The van der Waals surface area contributed by atoms with Crippen molar-refractivity contribution in [3.05, 3.63) is 22.2 Å². The lowest BCUT2D eigenvalue weighted by atomic mass is 10.3. The van der Waals surface area contributed by atoms with Gasteiger partial charge in [0.2, 0.25) is 10.0 Å². The standard InChI is InChI=1S/C10H12Cl2NO4S/c1-13(3-4-14)18(15,16)10-8(12)5-7(11)6-9(10)17-2/h5-6H,3-4H2,1-2H3. The van der Waals surface area contributed by atoms with Gasteiger partial charge < -0.3 is 4.74 Å². The summed E-state index contributed by atoms with van der Waals surface area (Å²) in [7, 11) is -1.26. The number of halogens is 2. The highest BCUT2D eigenvalue weighted by molar-refractivity contribution is 7.89. The van der Waals surface area contributed by atoms with Crippen LogP contribution < -0.4 is 4.74 Å². The van der Waals surface area contributed by atoms with Crippen molar-refractivity contribution in [1.29, 1.82) is 0 Å². The smallest absolute Gasteiger partial charge is 0.248 e. The fraction of sp³-hybridized carbons (Fsp3) is 0.400. The first-order chi connectivity index (χ1) is 8.34. The minimum absolute atomic E-state index is 0.0444. The average Bonchev–Trinajstić information content (AvgIpc) is 2.27. The van der Waals surface area contributed by atoms with E-state index in [4.69, 9.17) is 27.9 Å². The molecule has 0 spiro atoms. The SMILES string of the molecule is COc1cc(Cl)cc(Cl)c1S(=O)(=O)N(C)CC[O]. The van der Waals surface area contributed by atoms with Gasteiger partial charge in [-0.15, -0.1) is 0 Å². The summed E-state index contributed by atoms with van der Waals surface area (Å²) in [5, 5.41) is 10.7. The van der Waals surface area contributed by atoms with E-state index in [2.05, 4.69) is 0 Å². The maximum Gasteiger partial charge on any atom is 0.248 e. The van der Waals surface area contributed by atoms with Crippen molar-refractivity contribution in [2.45, 2.75) is 4.90 Å². The highest BCUT2D eigenvalue weighted by Gasteiger charge is 2.28. The number of ether oxygens (including phenoxy) is 1. The monoisotopic (exact) mass is 312 g/mol. The first kappa shape index (κ1) is 15.5. The van der Waals surface area contributed by atoms with Crippen LogP contribution in [-0.2, 0) is 15.1 Å². The lowest BCUT2D eigenvalue weighted by molar-refractivity contribution is 0.178. The molecule has 0 heterocycles. The molecular formula is C10H12Cl2NO4S. The van der Waals surface area contributed by atoms with Crippen LogP contribution >= 0.6 is 23.2 Å². The molecule has 101 valence electrons. The van der Waals surface area contributed by atoms with Crippen LogP contribution in [-0.4, -0.2) is 40.0 Å². The molecule has 0 fully saturated rings. The second-order valence-corrected chi connectivity index (χ2v) is 6.28. The van der Waals surface area contributed by atoms with E-state index in [9.17, 15) is 13.5 Å². The molecule has 0 bridgehead atoms. The van der Waals surface area contributed by atoms with E-state index < -0.39 is 16.6 Å². The number of benzene rings is 1. The maximum absolute atomic E-state index is 12.2. The normalized spacial score (nSPS) is 11.9. The van der Waals surface area contributed by atoms with Crippen molar-refractivity contribution in [2.24, 2.45) is 0 Å². The number of hydrogen-bond acceptors (Lipinski definition) is 3. The summed E-state index contributed by atoms with van der Waals surface area (Å²) in [6.07, 6.45) is 0. The summed E-state index contributed by atoms with van der Waals surface area (Å²) in [6.45, 7) is -0.687. The van der Waals surface area contributed by atoms with Gasteiger partial charge in [0.15, 0.2) is 0 Å². The molecule has 0 saturated carbocycles. The maximum atomic E-state index is 12.2. The number of hydrogen-bond donors (Lipinski definition) is 0. The highest BCUT2D eigenvalue weighted by Crippen LogP contribution is 2.35. The molecule has 8 heteroatoms. The minimum atomic E-state index is -3.87. The molecule has 0 saturated heterocycles. The third-order valence-corrected chi connectivity index (χ3v) is 4.84. The fourth-order valence-corrected chi connectivity index (χ4v) is 3.44. The number of rotatable bonds is 5. The Morgan fingerprint density at radius 1 is 1.33 bits per heavy atom. The Bertz CT molecular complexity index is 533. The van der Waals surface area contributed by atoms with E-state index in [1.807, 2.05) is 0 Å². The van der Waals surface area contributed by atoms with Gasteiger partial charge in [-0.3, -0.25) is 0 Å². The summed E-state index contributed by atoms with van der Waals surface area (Å²) in [5.41, 5.74) is 0. The molecule has 5 nitrogen and oxygen atoms in total. The average molecular weight is 313 g/mol. The van der Waals surface area contributed by atoms with Crippen LogP contribution in [0.3, 0.4) is 0 Å². The lowest BCUT2D eigenvalue weighted by Crippen LogP contribution is -2.30. The quantitative estimate of drug-likeness (QED) is 0.835. The second kappa shape index (κ2) is 6.08. The van der Waals surface area contributed by atoms with Gasteiger partial charge in [0.25, 0.3) is 0 Å². The molecule has 0 unspecified atom stereocenters. The van der Waals surface area contributed by atoms with Crippen LogP contribution in [0.25, 0.3) is 0 Å². The van der Waals surface area contributed by atoms with Gasteiger partial charge in [-0.1, -0.05) is 23.2 Å². The third kappa shape index (κ3) is 3.07. The van der Waals surface area contributed by atoms with Crippen molar-refractivity contribution < 1.29 is 18.3 Å². The van der Waals surface area contributed by atoms with Gasteiger partial charge in [0.05, 0.1) is 18.7 Å². The van der Waals surface area contributed by atoms with Gasteiger partial charge in [-0.2, -0.15) is 4.31 Å². The van der Waals surface area contributed by atoms with Crippen molar-refractivity contribution in [1.82, 2.24) is 4.31 Å². The molecule has 0 atom stereocenters. The Hall–Kier alpha value is -0.530. The summed E-state index contributed by atoms with van der Waals surface area (Å²) >= 11 is 11.7. The largest absolute Gasteiger partial charge is 0.495 e. The molecule has 0 aliphatic carbocycles. The van der Waals surface area contributed by atoms with Gasteiger partial charge in [-0.25, -0.2) is 13.5 Å². The Labute approximate surface area is 116 Å². The van der Waals surface area contributed by atoms with Crippen molar-refractivity contribution in [2.75, 3.05) is 27.3 Å². The molecule has 1 aromatic rings. The number of sulfonamides is 1. The zero-order chi connectivity index (χ0) is 13.9. The first-order valence-corrected chi connectivity index (χ1v) is 7.11. The molecule has 0 amide bonds. The molecule has 1 rings (SSSR count). The van der Waals surface area contributed by atoms with E-state index in [0.717, 1.165) is 4.31 Å². The van der Waals surface area contributed by atoms with Crippen molar-refractivity contribution in [3.63, 3.8) is 0 Å². The minimum Gasteiger partial charge on any atom is -0.495 e. The number of nitrogens with zero attached hydrogens (tertiary/aromatic N) is 1. The predicted molar refractivity (Wildman–Crippen MR) is 68.4 cm³/mol. The lowest BCUT2D eigenvalue weighted by Gasteiger charge is -2.18. The van der Waals surface area contributed by atoms with Crippen molar-refractivity contribution >= 4 is 33.2 Å². The van der Waals surface area contributed by atoms with Gasteiger partial charge >= 0.3 is 0 Å². The van der Waals surface area contributed by atoms with E-state index in [1.165, 1.54) is 26.3 Å². The van der Waals surface area contributed by atoms with Crippen LogP contribution in [0, 0.1) is 0 Å². The predicted octanol–water partition coefficient (Wildman–Crippen LogP) is 2.05. The Kier molecular flexibility index (Phi) is 5.24. The third-order valence-electron chi connectivity index (χ3n) is 2.27. The van der Waals surface area contributed by atoms with Crippen LogP contribution in [0.2, 0.25) is 10.0 Å². The van der Waals surface area contributed by atoms with Crippen LogP contribution in [0.4, 0.5) is 0 Å². The van der Waals surface area contributed by atoms with E-state index in [0.29, 0.717) is 0 Å².